The summed E-state index contributed by atoms with van der Waals surface area (Å²) in [6, 6.07) is 3.40. The van der Waals surface area contributed by atoms with Crippen LogP contribution < -0.4 is 5.32 Å². The maximum atomic E-state index is 13.3. The zero-order valence-corrected chi connectivity index (χ0v) is 12.2. The number of rotatable bonds is 8. The molecule has 20 heavy (non-hydrogen) atoms. The van der Waals surface area contributed by atoms with Crippen LogP contribution in [0.25, 0.3) is 0 Å². The van der Waals surface area contributed by atoms with E-state index in [1.807, 2.05) is 0 Å². The summed E-state index contributed by atoms with van der Waals surface area (Å²) < 4.78 is 31.4. The maximum Gasteiger partial charge on any atom is 0.159 e. The third kappa shape index (κ3) is 5.15. The normalized spacial score (nSPS) is 14.6. The number of aliphatic hydroxyl groups is 1. The molecule has 0 fully saturated rings. The minimum Gasteiger partial charge on any atom is -0.395 e. The summed E-state index contributed by atoms with van der Waals surface area (Å²) in [6.45, 7) is 4.43. The largest absolute Gasteiger partial charge is 0.395 e. The van der Waals surface area contributed by atoms with Gasteiger partial charge in [0.05, 0.1) is 19.3 Å². The maximum absolute atomic E-state index is 13.3. The molecule has 0 aliphatic rings. The molecule has 3 nitrogen and oxygen atoms in total. The SMILES string of the molecule is COCC(NC(CO)CC(C)C)c1ccc(F)c(F)c1. The van der Waals surface area contributed by atoms with Gasteiger partial charge in [-0.2, -0.15) is 0 Å². The quantitative estimate of drug-likeness (QED) is 0.772. The number of hydrogen-bond donors (Lipinski definition) is 2. The molecule has 0 aliphatic carbocycles. The molecule has 1 aromatic carbocycles. The minimum absolute atomic E-state index is 0.0118. The van der Waals surface area contributed by atoms with Gasteiger partial charge in [-0.25, -0.2) is 8.78 Å². The summed E-state index contributed by atoms with van der Waals surface area (Å²) in [7, 11) is 1.55. The molecule has 1 aromatic rings. The molecule has 2 unspecified atom stereocenters. The van der Waals surface area contributed by atoms with Crippen molar-refractivity contribution in [3.05, 3.63) is 35.4 Å². The Morgan fingerprint density at radius 3 is 2.45 bits per heavy atom. The molecule has 2 N–H and O–H groups in total. The second-order valence-electron chi connectivity index (χ2n) is 5.36. The lowest BCUT2D eigenvalue weighted by Crippen LogP contribution is -2.38. The Morgan fingerprint density at radius 1 is 1.25 bits per heavy atom. The van der Waals surface area contributed by atoms with Gasteiger partial charge in [-0.05, 0) is 30.0 Å². The zero-order valence-electron chi connectivity index (χ0n) is 12.2. The van der Waals surface area contributed by atoms with Gasteiger partial charge in [0.25, 0.3) is 0 Å². The van der Waals surface area contributed by atoms with Gasteiger partial charge in [-0.15, -0.1) is 0 Å². The van der Waals surface area contributed by atoms with Crippen LogP contribution in [0.3, 0.4) is 0 Å². The number of benzene rings is 1. The average Bonchev–Trinajstić information content (AvgIpc) is 2.40. The predicted molar refractivity (Wildman–Crippen MR) is 74.4 cm³/mol. The summed E-state index contributed by atoms with van der Waals surface area (Å²) in [5.74, 6) is -1.33. The van der Waals surface area contributed by atoms with Gasteiger partial charge in [-0.3, -0.25) is 0 Å². The highest BCUT2D eigenvalue weighted by molar-refractivity contribution is 5.21. The molecule has 0 saturated carbocycles. The first-order chi connectivity index (χ1) is 9.47. The molecule has 0 heterocycles. The molecule has 114 valence electrons. The van der Waals surface area contributed by atoms with Crippen LogP contribution in [0, 0.1) is 17.6 Å². The highest BCUT2D eigenvalue weighted by atomic mass is 19.2. The summed E-state index contributed by atoms with van der Waals surface area (Å²) in [5.41, 5.74) is 0.605. The van der Waals surface area contributed by atoms with E-state index in [1.165, 1.54) is 6.07 Å². The van der Waals surface area contributed by atoms with E-state index in [-0.39, 0.29) is 18.7 Å². The monoisotopic (exact) mass is 287 g/mol. The second kappa shape index (κ2) is 8.29. The van der Waals surface area contributed by atoms with Gasteiger partial charge in [0.1, 0.15) is 0 Å². The van der Waals surface area contributed by atoms with Crippen molar-refractivity contribution in [2.45, 2.75) is 32.4 Å². The summed E-state index contributed by atoms with van der Waals surface area (Å²) in [5, 5.41) is 12.6. The van der Waals surface area contributed by atoms with Crippen molar-refractivity contribution in [1.29, 1.82) is 0 Å². The lowest BCUT2D eigenvalue weighted by Gasteiger charge is -2.25. The van der Waals surface area contributed by atoms with Crippen molar-refractivity contribution in [3.63, 3.8) is 0 Å². The first-order valence-electron chi connectivity index (χ1n) is 6.78. The average molecular weight is 287 g/mol. The fraction of sp³-hybridized carbons (Fsp3) is 0.600. The molecule has 0 aromatic heterocycles. The smallest absolute Gasteiger partial charge is 0.159 e. The molecule has 0 saturated heterocycles. The third-order valence-electron chi connectivity index (χ3n) is 3.09. The van der Waals surface area contributed by atoms with Crippen molar-refractivity contribution in [1.82, 2.24) is 5.32 Å². The number of aliphatic hydroxyl groups excluding tert-OH is 1. The third-order valence-corrected chi connectivity index (χ3v) is 3.09. The van der Waals surface area contributed by atoms with Crippen LogP contribution in [0.15, 0.2) is 18.2 Å². The summed E-state index contributed by atoms with van der Waals surface area (Å²) in [4.78, 5) is 0. The van der Waals surface area contributed by atoms with Crippen LogP contribution in [-0.4, -0.2) is 31.5 Å². The number of halogens is 2. The molecule has 0 aliphatic heterocycles. The van der Waals surface area contributed by atoms with E-state index in [0.29, 0.717) is 18.1 Å². The Bertz CT molecular complexity index is 413. The number of ether oxygens (including phenoxy) is 1. The summed E-state index contributed by atoms with van der Waals surface area (Å²) in [6.07, 6.45) is 0.792. The van der Waals surface area contributed by atoms with Gasteiger partial charge in [-0.1, -0.05) is 19.9 Å². The fourth-order valence-electron chi connectivity index (χ4n) is 2.19. The topological polar surface area (TPSA) is 41.5 Å². The first kappa shape index (κ1) is 17.0. The fourth-order valence-corrected chi connectivity index (χ4v) is 2.19. The minimum atomic E-state index is -0.880. The van der Waals surface area contributed by atoms with Crippen LogP contribution >= 0.6 is 0 Å². The summed E-state index contributed by atoms with van der Waals surface area (Å²) >= 11 is 0. The highest BCUT2D eigenvalue weighted by Crippen LogP contribution is 2.18. The Hall–Kier alpha value is -1.04. The van der Waals surface area contributed by atoms with E-state index in [4.69, 9.17) is 4.74 Å². The van der Waals surface area contributed by atoms with Crippen molar-refractivity contribution >= 4 is 0 Å². The molecule has 0 amide bonds. The molecule has 2 atom stereocenters. The number of hydrogen-bond acceptors (Lipinski definition) is 3. The lowest BCUT2D eigenvalue weighted by atomic mass is 10.0. The number of nitrogens with one attached hydrogen (secondary N) is 1. The van der Waals surface area contributed by atoms with Crippen molar-refractivity contribution in [2.24, 2.45) is 5.92 Å². The Kier molecular flexibility index (Phi) is 7.05. The number of methoxy groups -OCH3 is 1. The first-order valence-corrected chi connectivity index (χ1v) is 6.78. The molecule has 5 heteroatoms. The zero-order chi connectivity index (χ0) is 15.1. The Balaban J connectivity index is 2.83. The van der Waals surface area contributed by atoms with E-state index in [2.05, 4.69) is 19.2 Å². The van der Waals surface area contributed by atoms with E-state index >= 15 is 0 Å². The van der Waals surface area contributed by atoms with Crippen LogP contribution in [0.4, 0.5) is 8.78 Å². The molecule has 0 radical (unpaired) electrons. The van der Waals surface area contributed by atoms with Crippen molar-refractivity contribution in [3.8, 4) is 0 Å². The van der Waals surface area contributed by atoms with Crippen molar-refractivity contribution in [2.75, 3.05) is 20.3 Å². The highest BCUT2D eigenvalue weighted by Gasteiger charge is 2.18. The second-order valence-corrected chi connectivity index (χ2v) is 5.36. The van der Waals surface area contributed by atoms with Gasteiger partial charge in [0.2, 0.25) is 0 Å². The van der Waals surface area contributed by atoms with Gasteiger partial charge >= 0.3 is 0 Å². The molecule has 1 rings (SSSR count). The molecular formula is C15H23F2NO2. The van der Waals surface area contributed by atoms with E-state index in [0.717, 1.165) is 18.6 Å². The van der Waals surface area contributed by atoms with E-state index in [9.17, 15) is 13.9 Å². The van der Waals surface area contributed by atoms with Gasteiger partial charge in [0.15, 0.2) is 11.6 Å². The van der Waals surface area contributed by atoms with Crippen LogP contribution in [0.1, 0.15) is 31.9 Å². The molecule has 0 bridgehead atoms. The molecule has 0 spiro atoms. The van der Waals surface area contributed by atoms with E-state index < -0.39 is 11.6 Å². The van der Waals surface area contributed by atoms with E-state index in [1.54, 1.807) is 7.11 Å². The predicted octanol–water partition coefficient (Wildman–Crippen LogP) is 2.65. The molecular weight excluding hydrogens is 264 g/mol. The van der Waals surface area contributed by atoms with Gasteiger partial charge < -0.3 is 15.2 Å². The van der Waals surface area contributed by atoms with Crippen LogP contribution in [-0.2, 0) is 4.74 Å². The van der Waals surface area contributed by atoms with Crippen LogP contribution in [0.2, 0.25) is 0 Å². The van der Waals surface area contributed by atoms with Crippen LogP contribution in [0.5, 0.6) is 0 Å². The van der Waals surface area contributed by atoms with Crippen molar-refractivity contribution < 1.29 is 18.6 Å². The Morgan fingerprint density at radius 2 is 1.95 bits per heavy atom. The Labute approximate surface area is 119 Å². The lowest BCUT2D eigenvalue weighted by molar-refractivity contribution is 0.143. The standard InChI is InChI=1S/C15H23F2NO2/c1-10(2)6-12(8-19)18-15(9-20-3)11-4-5-13(16)14(17)7-11/h4-5,7,10,12,15,18-19H,6,8-9H2,1-3H3. The van der Waals surface area contributed by atoms with Gasteiger partial charge in [0, 0.05) is 13.2 Å².